The van der Waals surface area contributed by atoms with Crippen molar-refractivity contribution in [3.8, 4) is 11.5 Å². The van der Waals surface area contributed by atoms with E-state index in [0.29, 0.717) is 41.5 Å². The first-order valence-corrected chi connectivity index (χ1v) is 11.8. The molecule has 0 spiro atoms. The van der Waals surface area contributed by atoms with E-state index in [1.54, 1.807) is 42.5 Å². The molecule has 1 N–H and O–H groups in total. The molecule has 1 fully saturated rings. The zero-order valence-corrected chi connectivity index (χ0v) is 19.8. The number of nitrogens with zero attached hydrogens (tertiary/aromatic N) is 1. The largest absolute Gasteiger partial charge is 0.490 e. The van der Waals surface area contributed by atoms with Gasteiger partial charge in [0.1, 0.15) is 0 Å². The molecule has 0 unspecified atom stereocenters. The Morgan fingerprint density at radius 3 is 2.26 bits per heavy atom. The summed E-state index contributed by atoms with van der Waals surface area (Å²) in [7, 11) is 0. The molecule has 1 aliphatic rings. The van der Waals surface area contributed by atoms with Crippen molar-refractivity contribution in [2.24, 2.45) is 0 Å². The van der Waals surface area contributed by atoms with Crippen molar-refractivity contribution in [3.05, 3.63) is 53.6 Å². The number of carbonyl (C=O) groups excluding carboxylic acids is 3. The summed E-state index contributed by atoms with van der Waals surface area (Å²) in [5.74, 6) is 0.0361. The fourth-order valence-corrected chi connectivity index (χ4v) is 3.58. The quantitative estimate of drug-likeness (QED) is 0.523. The van der Waals surface area contributed by atoms with Crippen LogP contribution in [0.25, 0.3) is 0 Å². The van der Waals surface area contributed by atoms with Crippen LogP contribution in [0.4, 0.5) is 5.69 Å². The van der Waals surface area contributed by atoms with Crippen LogP contribution in [0.2, 0.25) is 0 Å². The van der Waals surface area contributed by atoms with Gasteiger partial charge in [0.15, 0.2) is 18.1 Å². The van der Waals surface area contributed by atoms with E-state index < -0.39 is 5.97 Å². The number of carbonyl (C=O) groups is 3. The molecule has 2 aromatic carbocycles. The lowest BCUT2D eigenvalue weighted by atomic mass is 10.1. The Bertz CT molecular complexity index is 983. The molecule has 8 heteroatoms. The zero-order chi connectivity index (χ0) is 24.3. The highest BCUT2D eigenvalue weighted by Gasteiger charge is 2.18. The molecule has 34 heavy (non-hydrogen) atoms. The van der Waals surface area contributed by atoms with Crippen molar-refractivity contribution >= 4 is 23.5 Å². The predicted octanol–water partition coefficient (Wildman–Crippen LogP) is 4.30. The van der Waals surface area contributed by atoms with Crippen molar-refractivity contribution in [3.63, 3.8) is 0 Å². The molecule has 2 aromatic rings. The summed E-state index contributed by atoms with van der Waals surface area (Å²) in [6, 6.07) is 11.4. The smallest absolute Gasteiger partial charge is 0.338 e. The molecule has 1 aliphatic heterocycles. The number of benzene rings is 2. The lowest BCUT2D eigenvalue weighted by Gasteiger charge is -2.26. The van der Waals surface area contributed by atoms with Gasteiger partial charge in [-0.05, 0) is 75.1 Å². The van der Waals surface area contributed by atoms with E-state index in [-0.39, 0.29) is 18.4 Å². The lowest BCUT2D eigenvalue weighted by molar-refractivity contribution is -0.134. The Balaban J connectivity index is 1.62. The van der Waals surface area contributed by atoms with E-state index in [2.05, 4.69) is 5.32 Å². The van der Waals surface area contributed by atoms with Crippen LogP contribution in [0.1, 0.15) is 60.2 Å². The van der Waals surface area contributed by atoms with Crippen LogP contribution in [0.3, 0.4) is 0 Å². The summed E-state index contributed by atoms with van der Waals surface area (Å²) in [4.78, 5) is 38.9. The van der Waals surface area contributed by atoms with Crippen molar-refractivity contribution in [2.75, 3.05) is 38.2 Å². The maximum atomic E-state index is 12.8. The van der Waals surface area contributed by atoms with Gasteiger partial charge in [0.2, 0.25) is 0 Å². The van der Waals surface area contributed by atoms with Crippen LogP contribution < -0.4 is 14.8 Å². The number of ether oxygens (including phenoxy) is 3. The highest BCUT2D eigenvalue weighted by Crippen LogP contribution is 2.29. The predicted molar refractivity (Wildman–Crippen MR) is 129 cm³/mol. The second-order valence-corrected chi connectivity index (χ2v) is 7.99. The third kappa shape index (κ3) is 6.97. The van der Waals surface area contributed by atoms with Gasteiger partial charge in [0, 0.05) is 24.3 Å². The topological polar surface area (TPSA) is 94.2 Å². The van der Waals surface area contributed by atoms with Crippen molar-refractivity contribution < 1.29 is 28.6 Å². The van der Waals surface area contributed by atoms with Gasteiger partial charge in [-0.2, -0.15) is 0 Å². The second kappa shape index (κ2) is 12.6. The molecule has 0 atom stereocenters. The zero-order valence-electron chi connectivity index (χ0n) is 19.8. The maximum Gasteiger partial charge on any atom is 0.338 e. The first kappa shape index (κ1) is 25.1. The van der Waals surface area contributed by atoms with Gasteiger partial charge in [-0.3, -0.25) is 9.59 Å². The average molecular weight is 469 g/mol. The van der Waals surface area contributed by atoms with Gasteiger partial charge in [-0.15, -0.1) is 0 Å². The minimum Gasteiger partial charge on any atom is -0.490 e. The van der Waals surface area contributed by atoms with E-state index in [1.165, 1.54) is 0 Å². The minimum absolute atomic E-state index is 0.0500. The molecule has 1 saturated heterocycles. The molecule has 8 nitrogen and oxygen atoms in total. The molecule has 0 saturated carbocycles. The summed E-state index contributed by atoms with van der Waals surface area (Å²) >= 11 is 0. The Morgan fingerprint density at radius 1 is 0.882 bits per heavy atom. The first-order valence-electron chi connectivity index (χ1n) is 11.8. The number of hydrogen-bond donors (Lipinski definition) is 1. The number of likely N-dealkylation sites (tertiary alicyclic amines) is 1. The standard InChI is InChI=1S/C26H32N2O6/c1-3-16-33-26(31)19-8-11-21(12-9-19)27-25(30)20-10-13-22(23(17-20)32-4-2)34-18-24(29)28-14-6-5-7-15-28/h8-13,17H,3-7,14-16,18H2,1-2H3,(H,27,30). The molecule has 0 aliphatic carbocycles. The molecule has 182 valence electrons. The number of amides is 2. The summed E-state index contributed by atoms with van der Waals surface area (Å²) in [6.07, 6.45) is 3.94. The Kier molecular flexibility index (Phi) is 9.31. The summed E-state index contributed by atoms with van der Waals surface area (Å²) < 4.78 is 16.5. The highest BCUT2D eigenvalue weighted by molar-refractivity contribution is 6.05. The molecular weight excluding hydrogens is 436 g/mol. The number of anilines is 1. The third-order valence-corrected chi connectivity index (χ3v) is 5.38. The number of piperidine rings is 1. The van der Waals surface area contributed by atoms with Crippen molar-refractivity contribution in [1.82, 2.24) is 4.90 Å². The van der Waals surface area contributed by atoms with Gasteiger partial charge >= 0.3 is 5.97 Å². The summed E-state index contributed by atoms with van der Waals surface area (Å²) in [5.41, 5.74) is 1.35. The highest BCUT2D eigenvalue weighted by atomic mass is 16.5. The van der Waals surface area contributed by atoms with E-state index in [0.717, 1.165) is 38.8 Å². The summed E-state index contributed by atoms with van der Waals surface area (Å²) in [5, 5.41) is 2.80. The fourth-order valence-electron chi connectivity index (χ4n) is 3.58. The maximum absolute atomic E-state index is 12.8. The third-order valence-electron chi connectivity index (χ3n) is 5.38. The van der Waals surface area contributed by atoms with Crippen molar-refractivity contribution in [2.45, 2.75) is 39.5 Å². The van der Waals surface area contributed by atoms with Crippen molar-refractivity contribution in [1.29, 1.82) is 0 Å². The molecule has 2 amide bonds. The molecule has 0 bridgehead atoms. The van der Waals surface area contributed by atoms with E-state index in [1.807, 2.05) is 18.7 Å². The Hall–Kier alpha value is -3.55. The normalized spacial score (nSPS) is 13.2. The van der Waals surface area contributed by atoms with E-state index in [9.17, 15) is 14.4 Å². The number of rotatable bonds is 10. The van der Waals surface area contributed by atoms with E-state index >= 15 is 0 Å². The molecule has 0 radical (unpaired) electrons. The van der Waals surface area contributed by atoms with Gasteiger partial charge in [-0.1, -0.05) is 6.92 Å². The van der Waals surface area contributed by atoms with Gasteiger partial charge in [0.05, 0.1) is 18.8 Å². The minimum atomic E-state index is -0.393. The van der Waals surface area contributed by atoms with Gasteiger partial charge in [0.25, 0.3) is 11.8 Å². The van der Waals surface area contributed by atoms with Gasteiger partial charge < -0.3 is 24.4 Å². The van der Waals surface area contributed by atoms with Crippen LogP contribution in [-0.4, -0.2) is 55.6 Å². The Morgan fingerprint density at radius 2 is 1.59 bits per heavy atom. The molecule has 3 rings (SSSR count). The average Bonchev–Trinajstić information content (AvgIpc) is 2.87. The molecule has 1 heterocycles. The molecular formula is C26H32N2O6. The van der Waals surface area contributed by atoms with Crippen LogP contribution in [0.5, 0.6) is 11.5 Å². The second-order valence-electron chi connectivity index (χ2n) is 7.99. The number of hydrogen-bond acceptors (Lipinski definition) is 6. The molecule has 0 aromatic heterocycles. The monoisotopic (exact) mass is 468 g/mol. The van der Waals surface area contributed by atoms with E-state index in [4.69, 9.17) is 14.2 Å². The number of nitrogens with one attached hydrogen (secondary N) is 1. The van der Waals surface area contributed by atoms with Crippen LogP contribution in [0.15, 0.2) is 42.5 Å². The Labute approximate surface area is 200 Å². The van der Waals surface area contributed by atoms with Crippen LogP contribution in [0, 0.1) is 0 Å². The lowest BCUT2D eigenvalue weighted by Crippen LogP contribution is -2.38. The SMILES string of the molecule is CCCOC(=O)c1ccc(NC(=O)c2ccc(OCC(=O)N3CCCCC3)c(OCC)c2)cc1. The van der Waals surface area contributed by atoms with Crippen LogP contribution >= 0.6 is 0 Å². The number of esters is 1. The fraction of sp³-hybridized carbons (Fsp3) is 0.423. The first-order chi connectivity index (χ1) is 16.5. The van der Waals surface area contributed by atoms with Gasteiger partial charge in [-0.25, -0.2) is 4.79 Å². The summed E-state index contributed by atoms with van der Waals surface area (Å²) in [6.45, 7) is 5.97. The van der Waals surface area contributed by atoms with Crippen LogP contribution in [-0.2, 0) is 9.53 Å².